The first kappa shape index (κ1) is 6.16. The molecule has 2 rings (SSSR count). The lowest BCUT2D eigenvalue weighted by Gasteiger charge is -2.30. The van der Waals surface area contributed by atoms with E-state index in [-0.39, 0.29) is 5.91 Å². The van der Waals surface area contributed by atoms with Crippen molar-refractivity contribution < 1.29 is 4.79 Å². The number of carbonyl (C=O) groups excluding carboxylic acids is 1. The van der Waals surface area contributed by atoms with Crippen LogP contribution in [0.1, 0.15) is 6.42 Å². The Hall–Kier alpha value is -0.570. The Kier molecular flexibility index (Phi) is 1.38. The van der Waals surface area contributed by atoms with E-state index < -0.39 is 0 Å². The highest BCUT2D eigenvalue weighted by molar-refractivity contribution is 5.81. The average Bonchev–Trinajstić information content (AvgIpc) is 2.12. The molecule has 0 saturated carbocycles. The van der Waals surface area contributed by atoms with Crippen LogP contribution >= 0.6 is 0 Å². The molecule has 3 nitrogen and oxygen atoms in total. The Bertz CT molecular complexity index is 154. The van der Waals surface area contributed by atoms with Gasteiger partial charge in [-0.3, -0.25) is 4.79 Å². The Morgan fingerprint density at radius 1 is 1.40 bits per heavy atom. The van der Waals surface area contributed by atoms with Crippen molar-refractivity contribution >= 4 is 5.91 Å². The van der Waals surface area contributed by atoms with E-state index in [1.54, 1.807) is 0 Å². The fourth-order valence-corrected chi connectivity index (χ4v) is 1.66. The predicted octanol–water partition coefficient (Wildman–Crippen LogP) is -0.658. The minimum atomic E-state index is 0.270. The summed E-state index contributed by atoms with van der Waals surface area (Å²) < 4.78 is 0. The molecule has 2 aliphatic heterocycles. The highest BCUT2D eigenvalue weighted by Crippen LogP contribution is 2.22. The minimum Gasteiger partial charge on any atom is -0.356 e. The molecule has 2 fully saturated rings. The molecule has 2 aliphatic rings. The number of carbonyl (C=O) groups is 1. The number of nitrogens with one attached hydrogen (secondary N) is 2. The maximum atomic E-state index is 11.1. The Morgan fingerprint density at radius 2 is 2.20 bits per heavy atom. The number of rotatable bonds is 1. The second-order valence-corrected chi connectivity index (χ2v) is 3.10. The first-order valence-corrected chi connectivity index (χ1v) is 3.86. The van der Waals surface area contributed by atoms with Crippen LogP contribution < -0.4 is 10.6 Å². The fraction of sp³-hybridized carbons (Fsp3) is 0.857. The summed E-state index contributed by atoms with van der Waals surface area (Å²) in [5.74, 6) is 1.22. The van der Waals surface area contributed by atoms with Gasteiger partial charge in [-0.1, -0.05) is 0 Å². The van der Waals surface area contributed by atoms with E-state index in [0.29, 0.717) is 11.8 Å². The smallest absolute Gasteiger partial charge is 0.223 e. The van der Waals surface area contributed by atoms with Gasteiger partial charge in [0, 0.05) is 12.5 Å². The van der Waals surface area contributed by atoms with Crippen LogP contribution in [0, 0.1) is 11.8 Å². The van der Waals surface area contributed by atoms with Crippen LogP contribution in [0.5, 0.6) is 0 Å². The molecule has 2 heterocycles. The average molecular weight is 140 g/mol. The number of amides is 1. The van der Waals surface area contributed by atoms with Crippen LogP contribution in [-0.4, -0.2) is 25.5 Å². The monoisotopic (exact) mass is 140 g/mol. The van der Waals surface area contributed by atoms with Gasteiger partial charge in [0.25, 0.3) is 0 Å². The van der Waals surface area contributed by atoms with Crippen LogP contribution in [0.2, 0.25) is 0 Å². The number of hydrogen-bond acceptors (Lipinski definition) is 2. The molecule has 1 atom stereocenters. The van der Waals surface area contributed by atoms with Gasteiger partial charge in [0.2, 0.25) is 5.91 Å². The Morgan fingerprint density at radius 3 is 2.60 bits per heavy atom. The van der Waals surface area contributed by atoms with Crippen molar-refractivity contribution in [2.75, 3.05) is 19.6 Å². The molecule has 0 aromatic heterocycles. The van der Waals surface area contributed by atoms with Crippen molar-refractivity contribution in [3.63, 3.8) is 0 Å². The molecule has 1 amide bonds. The molecule has 3 heteroatoms. The Labute approximate surface area is 60.2 Å². The lowest BCUT2D eigenvalue weighted by atomic mass is 9.86. The van der Waals surface area contributed by atoms with Crippen LogP contribution in [0.4, 0.5) is 0 Å². The van der Waals surface area contributed by atoms with Crippen molar-refractivity contribution in [2.24, 2.45) is 11.8 Å². The third-order valence-electron chi connectivity index (χ3n) is 2.47. The molecule has 0 radical (unpaired) electrons. The van der Waals surface area contributed by atoms with Crippen LogP contribution in [0.25, 0.3) is 0 Å². The quantitative estimate of drug-likeness (QED) is 0.508. The van der Waals surface area contributed by atoms with E-state index in [2.05, 4.69) is 10.6 Å². The molecule has 0 aromatic carbocycles. The topological polar surface area (TPSA) is 41.1 Å². The van der Waals surface area contributed by atoms with Gasteiger partial charge in [0.05, 0.1) is 0 Å². The van der Waals surface area contributed by atoms with E-state index in [1.807, 2.05) is 0 Å². The summed E-state index contributed by atoms with van der Waals surface area (Å²) in [6.07, 6.45) is 1.05. The minimum absolute atomic E-state index is 0.270. The molecular formula is C7H12N2O. The van der Waals surface area contributed by atoms with E-state index in [4.69, 9.17) is 0 Å². The molecule has 0 aliphatic carbocycles. The van der Waals surface area contributed by atoms with Crippen LogP contribution in [0.3, 0.4) is 0 Å². The van der Waals surface area contributed by atoms with Gasteiger partial charge in [-0.2, -0.15) is 0 Å². The molecule has 2 N–H and O–H groups in total. The summed E-state index contributed by atoms with van der Waals surface area (Å²) in [6, 6.07) is 0. The van der Waals surface area contributed by atoms with Gasteiger partial charge in [-0.05, 0) is 25.4 Å². The fourth-order valence-electron chi connectivity index (χ4n) is 1.66. The van der Waals surface area contributed by atoms with Gasteiger partial charge in [-0.25, -0.2) is 0 Å². The maximum Gasteiger partial charge on any atom is 0.223 e. The van der Waals surface area contributed by atoms with Crippen molar-refractivity contribution in [3.8, 4) is 0 Å². The summed E-state index contributed by atoms with van der Waals surface area (Å²) in [5.41, 5.74) is 0. The third kappa shape index (κ3) is 0.814. The van der Waals surface area contributed by atoms with Crippen molar-refractivity contribution in [1.29, 1.82) is 0 Å². The molecule has 0 spiro atoms. The van der Waals surface area contributed by atoms with E-state index in [1.165, 1.54) is 0 Å². The third-order valence-corrected chi connectivity index (χ3v) is 2.47. The largest absolute Gasteiger partial charge is 0.356 e. The summed E-state index contributed by atoms with van der Waals surface area (Å²) >= 11 is 0. The van der Waals surface area contributed by atoms with Crippen molar-refractivity contribution in [2.45, 2.75) is 6.42 Å². The summed E-state index contributed by atoms with van der Waals surface area (Å²) in [5, 5.41) is 6.03. The van der Waals surface area contributed by atoms with Crippen LogP contribution in [-0.2, 0) is 4.79 Å². The first-order valence-electron chi connectivity index (χ1n) is 3.86. The highest BCUT2D eigenvalue weighted by Gasteiger charge is 2.34. The van der Waals surface area contributed by atoms with E-state index in [0.717, 1.165) is 26.1 Å². The SMILES string of the molecule is O=C1NCCC1C1CNC1. The van der Waals surface area contributed by atoms with Gasteiger partial charge < -0.3 is 10.6 Å². The zero-order valence-corrected chi connectivity index (χ0v) is 5.89. The van der Waals surface area contributed by atoms with E-state index >= 15 is 0 Å². The van der Waals surface area contributed by atoms with E-state index in [9.17, 15) is 4.79 Å². The zero-order valence-electron chi connectivity index (χ0n) is 5.89. The number of hydrogen-bond donors (Lipinski definition) is 2. The standard InChI is InChI=1S/C7H12N2O/c10-7-6(1-2-9-7)5-3-8-4-5/h5-6,8H,1-4H2,(H,9,10). The molecule has 1 unspecified atom stereocenters. The molecule has 56 valence electrons. The van der Waals surface area contributed by atoms with Crippen molar-refractivity contribution in [3.05, 3.63) is 0 Å². The van der Waals surface area contributed by atoms with Crippen molar-refractivity contribution in [1.82, 2.24) is 10.6 Å². The summed E-state index contributed by atoms with van der Waals surface area (Å²) in [6.45, 7) is 2.97. The van der Waals surface area contributed by atoms with Crippen LogP contribution in [0.15, 0.2) is 0 Å². The lowest BCUT2D eigenvalue weighted by Crippen LogP contribution is -2.47. The first-order chi connectivity index (χ1) is 4.88. The molecule has 0 bridgehead atoms. The molecule has 10 heavy (non-hydrogen) atoms. The van der Waals surface area contributed by atoms with Gasteiger partial charge in [0.1, 0.15) is 0 Å². The zero-order chi connectivity index (χ0) is 6.97. The summed E-state index contributed by atoms with van der Waals surface area (Å²) in [7, 11) is 0. The molecule has 2 saturated heterocycles. The van der Waals surface area contributed by atoms with Gasteiger partial charge >= 0.3 is 0 Å². The van der Waals surface area contributed by atoms with Gasteiger partial charge in [-0.15, -0.1) is 0 Å². The lowest BCUT2D eigenvalue weighted by molar-refractivity contribution is -0.124. The Balaban J connectivity index is 1.96. The second-order valence-electron chi connectivity index (χ2n) is 3.10. The maximum absolute atomic E-state index is 11.1. The normalized spacial score (nSPS) is 33.6. The van der Waals surface area contributed by atoms with Gasteiger partial charge in [0.15, 0.2) is 0 Å². The molecule has 0 aromatic rings. The second kappa shape index (κ2) is 2.23. The molecular weight excluding hydrogens is 128 g/mol. The summed E-state index contributed by atoms with van der Waals surface area (Å²) in [4.78, 5) is 11.1. The predicted molar refractivity (Wildman–Crippen MR) is 37.5 cm³/mol. The highest BCUT2D eigenvalue weighted by atomic mass is 16.2.